The lowest BCUT2D eigenvalue weighted by Crippen LogP contribution is -2.59. The Labute approximate surface area is 122 Å². The molecule has 1 aliphatic rings. The van der Waals surface area contributed by atoms with Gasteiger partial charge in [0.1, 0.15) is 5.54 Å². The van der Waals surface area contributed by atoms with Crippen LogP contribution in [0.2, 0.25) is 5.02 Å². The Hall–Kier alpha value is -1.76. The fourth-order valence-electron chi connectivity index (χ4n) is 2.10. The van der Waals surface area contributed by atoms with Crippen molar-refractivity contribution < 1.29 is 27.9 Å². The topological polar surface area (TPSA) is 66.4 Å². The van der Waals surface area contributed by atoms with E-state index < -0.39 is 29.2 Å². The Morgan fingerprint density at radius 3 is 2.29 bits per heavy atom. The quantitative estimate of drug-likeness (QED) is 0.899. The smallest absolute Gasteiger partial charge is 0.416 e. The van der Waals surface area contributed by atoms with Crippen LogP contribution in [0.25, 0.3) is 0 Å². The van der Waals surface area contributed by atoms with Gasteiger partial charge in [0.05, 0.1) is 5.56 Å². The number of halogens is 4. The van der Waals surface area contributed by atoms with Crippen LogP contribution in [0.5, 0.6) is 0 Å². The molecule has 1 aromatic carbocycles. The van der Waals surface area contributed by atoms with Gasteiger partial charge in [-0.25, -0.2) is 4.79 Å². The number of hydrogen-bond acceptors (Lipinski definition) is 2. The summed E-state index contributed by atoms with van der Waals surface area (Å²) in [4.78, 5) is 23.1. The molecular weight excluding hydrogens is 311 g/mol. The van der Waals surface area contributed by atoms with Crippen molar-refractivity contribution in [2.24, 2.45) is 0 Å². The van der Waals surface area contributed by atoms with Crippen molar-refractivity contribution in [1.82, 2.24) is 5.32 Å². The second kappa shape index (κ2) is 5.22. The predicted octanol–water partition coefficient (Wildman–Crippen LogP) is 3.10. The van der Waals surface area contributed by atoms with Crippen molar-refractivity contribution in [1.29, 1.82) is 0 Å². The van der Waals surface area contributed by atoms with Crippen molar-refractivity contribution in [3.05, 3.63) is 34.3 Å². The van der Waals surface area contributed by atoms with Gasteiger partial charge < -0.3 is 10.4 Å². The molecule has 1 aromatic rings. The molecule has 0 aromatic heterocycles. The first-order chi connectivity index (χ1) is 9.64. The van der Waals surface area contributed by atoms with E-state index in [1.165, 1.54) is 0 Å². The third-order valence-corrected chi connectivity index (χ3v) is 3.67. The minimum Gasteiger partial charge on any atom is -0.480 e. The molecule has 0 unspecified atom stereocenters. The zero-order chi connectivity index (χ0) is 15.8. The van der Waals surface area contributed by atoms with Gasteiger partial charge in [0.2, 0.25) is 0 Å². The van der Waals surface area contributed by atoms with Gasteiger partial charge in [-0.15, -0.1) is 0 Å². The highest BCUT2D eigenvalue weighted by molar-refractivity contribution is 6.31. The average Bonchev–Trinajstić information content (AvgIpc) is 2.31. The number of aliphatic carboxylic acids is 1. The van der Waals surface area contributed by atoms with Gasteiger partial charge in [-0.3, -0.25) is 4.79 Å². The first kappa shape index (κ1) is 15.6. The number of carbonyl (C=O) groups excluding carboxylic acids is 1. The molecule has 21 heavy (non-hydrogen) atoms. The van der Waals surface area contributed by atoms with Crippen molar-refractivity contribution in [3.8, 4) is 0 Å². The molecule has 114 valence electrons. The number of hydrogen-bond donors (Lipinski definition) is 2. The predicted molar refractivity (Wildman–Crippen MR) is 68.1 cm³/mol. The van der Waals surface area contributed by atoms with Crippen LogP contribution in [0.4, 0.5) is 13.2 Å². The second-order valence-electron chi connectivity index (χ2n) is 4.92. The SMILES string of the molecule is O=C(NC1(C(=O)O)CCC1)c1cc(Cl)cc(C(F)(F)F)c1. The Bertz CT molecular complexity index is 597. The van der Waals surface area contributed by atoms with E-state index in [1.54, 1.807) is 0 Å². The summed E-state index contributed by atoms with van der Waals surface area (Å²) in [6, 6.07) is 2.42. The van der Waals surface area contributed by atoms with Crippen LogP contribution < -0.4 is 5.32 Å². The maximum Gasteiger partial charge on any atom is 0.416 e. The normalized spacial score (nSPS) is 17.0. The standard InChI is InChI=1S/C13H11ClF3NO3/c14-9-5-7(4-8(6-9)13(15,16)17)10(19)18-12(11(20)21)2-1-3-12/h4-6H,1-3H2,(H,18,19)(H,20,21). The van der Waals surface area contributed by atoms with Crippen molar-refractivity contribution in [2.45, 2.75) is 31.0 Å². The van der Waals surface area contributed by atoms with Crippen molar-refractivity contribution in [2.75, 3.05) is 0 Å². The van der Waals surface area contributed by atoms with Crippen molar-refractivity contribution in [3.63, 3.8) is 0 Å². The van der Waals surface area contributed by atoms with Crippen LogP contribution in [-0.4, -0.2) is 22.5 Å². The molecule has 2 rings (SSSR count). The van der Waals surface area contributed by atoms with Crippen molar-refractivity contribution >= 4 is 23.5 Å². The van der Waals surface area contributed by atoms with E-state index in [4.69, 9.17) is 16.7 Å². The number of carboxylic acid groups (broad SMARTS) is 1. The second-order valence-corrected chi connectivity index (χ2v) is 5.36. The van der Waals surface area contributed by atoms with E-state index in [1.807, 2.05) is 0 Å². The average molecular weight is 322 g/mol. The zero-order valence-corrected chi connectivity index (χ0v) is 11.4. The maximum atomic E-state index is 12.7. The molecule has 1 fully saturated rings. The fraction of sp³-hybridized carbons (Fsp3) is 0.385. The number of carboxylic acids is 1. The highest BCUT2D eigenvalue weighted by atomic mass is 35.5. The highest BCUT2D eigenvalue weighted by Crippen LogP contribution is 2.34. The van der Waals surface area contributed by atoms with Gasteiger partial charge in [0, 0.05) is 10.6 Å². The molecule has 0 bridgehead atoms. The van der Waals surface area contributed by atoms with Crippen LogP contribution in [0.1, 0.15) is 35.2 Å². The molecule has 1 amide bonds. The summed E-state index contributed by atoms with van der Waals surface area (Å²) in [6.07, 6.45) is -3.50. The molecule has 0 radical (unpaired) electrons. The summed E-state index contributed by atoms with van der Waals surface area (Å²) in [6.45, 7) is 0. The van der Waals surface area contributed by atoms with Crippen LogP contribution in [0.15, 0.2) is 18.2 Å². The lowest BCUT2D eigenvalue weighted by molar-refractivity contribution is -0.148. The van der Waals surface area contributed by atoms with Crippen LogP contribution >= 0.6 is 11.6 Å². The molecule has 1 saturated carbocycles. The molecule has 0 saturated heterocycles. The number of alkyl halides is 3. The monoisotopic (exact) mass is 321 g/mol. The van der Waals surface area contributed by atoms with Crippen LogP contribution in [-0.2, 0) is 11.0 Å². The molecule has 0 heterocycles. The van der Waals surface area contributed by atoms with Gasteiger partial charge in [-0.2, -0.15) is 13.2 Å². The Kier molecular flexibility index (Phi) is 3.88. The molecule has 0 atom stereocenters. The summed E-state index contributed by atoms with van der Waals surface area (Å²) in [5.74, 6) is -2.08. The Morgan fingerprint density at radius 1 is 1.24 bits per heavy atom. The van der Waals surface area contributed by atoms with Crippen LogP contribution in [0, 0.1) is 0 Å². The molecule has 8 heteroatoms. The summed E-state index contributed by atoms with van der Waals surface area (Å²) in [5, 5.41) is 11.1. The minimum absolute atomic E-state index is 0.243. The Balaban J connectivity index is 2.28. The molecule has 0 spiro atoms. The van der Waals surface area contributed by atoms with Gasteiger partial charge >= 0.3 is 12.1 Å². The molecule has 1 aliphatic carbocycles. The fourth-order valence-corrected chi connectivity index (χ4v) is 2.33. The molecular formula is C13H11ClF3NO3. The lowest BCUT2D eigenvalue weighted by Gasteiger charge is -2.38. The minimum atomic E-state index is -4.64. The summed E-state index contributed by atoms with van der Waals surface area (Å²) in [5.41, 5.74) is -2.77. The van der Waals surface area contributed by atoms with E-state index in [-0.39, 0.29) is 23.4 Å². The number of rotatable bonds is 3. The van der Waals surface area contributed by atoms with Gasteiger partial charge in [0.15, 0.2) is 0 Å². The van der Waals surface area contributed by atoms with Crippen LogP contribution in [0.3, 0.4) is 0 Å². The first-order valence-corrected chi connectivity index (χ1v) is 6.45. The lowest BCUT2D eigenvalue weighted by atomic mass is 9.76. The third kappa shape index (κ3) is 3.12. The number of amides is 1. The van der Waals surface area contributed by atoms with Gasteiger partial charge in [-0.1, -0.05) is 11.6 Å². The number of carbonyl (C=O) groups is 2. The highest BCUT2D eigenvalue weighted by Gasteiger charge is 2.46. The number of nitrogens with one attached hydrogen (secondary N) is 1. The zero-order valence-electron chi connectivity index (χ0n) is 10.6. The Morgan fingerprint density at radius 2 is 1.86 bits per heavy atom. The summed E-state index contributed by atoms with van der Waals surface area (Å²) < 4.78 is 38.0. The van der Waals surface area contributed by atoms with E-state index in [2.05, 4.69) is 5.32 Å². The van der Waals surface area contributed by atoms with E-state index >= 15 is 0 Å². The summed E-state index contributed by atoms with van der Waals surface area (Å²) in [7, 11) is 0. The first-order valence-electron chi connectivity index (χ1n) is 6.08. The van der Waals surface area contributed by atoms with E-state index in [9.17, 15) is 22.8 Å². The number of benzene rings is 1. The molecule has 2 N–H and O–H groups in total. The van der Waals surface area contributed by atoms with Gasteiger partial charge in [-0.05, 0) is 37.5 Å². The third-order valence-electron chi connectivity index (χ3n) is 3.46. The largest absolute Gasteiger partial charge is 0.480 e. The molecule has 0 aliphatic heterocycles. The molecule has 4 nitrogen and oxygen atoms in total. The van der Waals surface area contributed by atoms with Gasteiger partial charge in [0.25, 0.3) is 5.91 Å². The van der Waals surface area contributed by atoms with E-state index in [0.717, 1.165) is 6.07 Å². The summed E-state index contributed by atoms with van der Waals surface area (Å²) >= 11 is 5.59. The maximum absolute atomic E-state index is 12.7. The van der Waals surface area contributed by atoms with E-state index in [0.29, 0.717) is 18.6 Å².